The monoisotopic (exact) mass is 733 g/mol. The van der Waals surface area contributed by atoms with Crippen molar-refractivity contribution in [3.63, 3.8) is 0 Å². The molecule has 3 aliphatic rings. The number of nitrogens with zero attached hydrogens (tertiary/aromatic N) is 1. The van der Waals surface area contributed by atoms with Crippen molar-refractivity contribution < 1.29 is 0 Å². The normalized spacial score (nSPS) is 15.5. The molecule has 1 nitrogen and oxygen atoms in total. The van der Waals surface area contributed by atoms with E-state index in [1.807, 2.05) is 11.3 Å². The Morgan fingerprint density at radius 3 is 1.55 bits per heavy atom. The van der Waals surface area contributed by atoms with E-state index in [4.69, 9.17) is 0 Å². The summed E-state index contributed by atoms with van der Waals surface area (Å²) in [6.07, 6.45) is 4.46. The van der Waals surface area contributed by atoms with Crippen LogP contribution in [-0.2, 0) is 10.8 Å². The van der Waals surface area contributed by atoms with Gasteiger partial charge in [0.15, 0.2) is 0 Å². The van der Waals surface area contributed by atoms with Crippen LogP contribution < -0.4 is 4.90 Å². The van der Waals surface area contributed by atoms with Crippen LogP contribution >= 0.6 is 11.3 Å². The minimum atomic E-state index is -0.0616. The first-order chi connectivity index (χ1) is 27.7. The minimum Gasteiger partial charge on any atom is -0.308 e. The van der Waals surface area contributed by atoms with E-state index in [9.17, 15) is 0 Å². The molecule has 56 heavy (non-hydrogen) atoms. The summed E-state index contributed by atoms with van der Waals surface area (Å²) in [7, 11) is 0. The van der Waals surface area contributed by atoms with Crippen molar-refractivity contribution in [1.29, 1.82) is 0 Å². The molecule has 1 heterocycles. The number of rotatable bonds is 4. The van der Waals surface area contributed by atoms with Crippen molar-refractivity contribution in [1.82, 2.24) is 0 Å². The van der Waals surface area contributed by atoms with Crippen LogP contribution in [0.3, 0.4) is 0 Å². The molecule has 0 atom stereocenters. The van der Waals surface area contributed by atoms with Gasteiger partial charge in [0.25, 0.3) is 0 Å². The van der Waals surface area contributed by atoms with Gasteiger partial charge in [0.05, 0.1) is 16.1 Å². The summed E-state index contributed by atoms with van der Waals surface area (Å²) in [5, 5.41) is 2.63. The molecule has 1 saturated carbocycles. The Kier molecular flexibility index (Phi) is 6.95. The molecular weight excluding hydrogens is 695 g/mol. The molecule has 0 saturated heterocycles. The predicted octanol–water partition coefficient (Wildman–Crippen LogP) is 15.0. The summed E-state index contributed by atoms with van der Waals surface area (Å²) < 4.78 is 2.63. The fourth-order valence-corrected chi connectivity index (χ4v) is 12.2. The molecule has 8 aromatic carbocycles. The SMILES string of the molecule is c1ccc(-c2ccccc2N(c2ccc3c(c2)C2(CCC4(CC2)c2ccccc2-c2ccccc24)c2ccccc2-3)c2cccc3c2sc2ccccc23)cc1. The summed E-state index contributed by atoms with van der Waals surface area (Å²) in [5.41, 5.74) is 17.7. The highest BCUT2D eigenvalue weighted by molar-refractivity contribution is 7.26. The average molecular weight is 734 g/mol. The first-order valence-corrected chi connectivity index (χ1v) is 20.8. The molecule has 0 radical (unpaired) electrons. The van der Waals surface area contributed by atoms with E-state index in [2.05, 4.69) is 193 Å². The van der Waals surface area contributed by atoms with Crippen LogP contribution in [0, 0.1) is 0 Å². The summed E-state index contributed by atoms with van der Waals surface area (Å²) >= 11 is 1.90. The molecule has 0 unspecified atom stereocenters. The van der Waals surface area contributed by atoms with E-state index in [-0.39, 0.29) is 10.8 Å². The largest absolute Gasteiger partial charge is 0.308 e. The molecule has 1 fully saturated rings. The lowest BCUT2D eigenvalue weighted by Gasteiger charge is -2.45. The second-order valence-corrected chi connectivity index (χ2v) is 17.1. The molecule has 0 bridgehead atoms. The highest BCUT2D eigenvalue weighted by Crippen LogP contribution is 2.64. The number of anilines is 3. The standard InChI is InChI=1S/C54H39NS/c1-2-15-36(16-3-1)38-17-7-12-26-49(38)55(50-27-14-22-44-43-21-8-13-28-51(43)56-52(44)50)37-29-30-42-41-20-6-11-25-47(41)54(48(42)35-37)33-31-53(32-34-54)45-23-9-4-18-39(45)40-19-5-10-24-46(40)53/h1-30,35H,31-34H2. The van der Waals surface area contributed by atoms with Gasteiger partial charge in [0, 0.05) is 37.6 Å². The summed E-state index contributed by atoms with van der Waals surface area (Å²) in [4.78, 5) is 2.56. The Balaban J connectivity index is 1.06. The molecule has 12 rings (SSSR count). The number of hydrogen-bond donors (Lipinski definition) is 0. The van der Waals surface area contributed by atoms with Gasteiger partial charge >= 0.3 is 0 Å². The lowest BCUT2D eigenvalue weighted by atomic mass is 9.57. The second kappa shape index (κ2) is 12.1. The highest BCUT2D eigenvalue weighted by atomic mass is 32.1. The lowest BCUT2D eigenvalue weighted by molar-refractivity contribution is 0.265. The maximum Gasteiger partial charge on any atom is 0.0640 e. The van der Waals surface area contributed by atoms with Crippen molar-refractivity contribution in [2.75, 3.05) is 4.90 Å². The molecule has 2 spiro atoms. The fourth-order valence-electron chi connectivity index (χ4n) is 11.0. The van der Waals surface area contributed by atoms with E-state index in [0.29, 0.717) is 0 Å². The van der Waals surface area contributed by atoms with E-state index < -0.39 is 0 Å². The summed E-state index contributed by atoms with van der Waals surface area (Å²) in [6.45, 7) is 0. The molecule has 0 aliphatic heterocycles. The van der Waals surface area contributed by atoms with E-state index in [1.54, 1.807) is 0 Å². The van der Waals surface area contributed by atoms with Gasteiger partial charge in [-0.1, -0.05) is 158 Å². The zero-order valence-electron chi connectivity index (χ0n) is 31.1. The third-order valence-electron chi connectivity index (χ3n) is 13.5. The molecule has 9 aromatic rings. The maximum atomic E-state index is 2.58. The van der Waals surface area contributed by atoms with Gasteiger partial charge in [0.2, 0.25) is 0 Å². The molecule has 0 N–H and O–H groups in total. The fraction of sp³-hybridized carbons (Fsp3) is 0.111. The molecule has 2 heteroatoms. The number of fused-ring (bicyclic) bond motifs is 13. The van der Waals surface area contributed by atoms with Crippen molar-refractivity contribution >= 4 is 48.6 Å². The Labute approximate surface area is 332 Å². The van der Waals surface area contributed by atoms with Gasteiger partial charge in [0.1, 0.15) is 0 Å². The van der Waals surface area contributed by atoms with Crippen LogP contribution in [0.5, 0.6) is 0 Å². The van der Waals surface area contributed by atoms with Gasteiger partial charge in [-0.3, -0.25) is 0 Å². The molecule has 1 aromatic heterocycles. The zero-order valence-corrected chi connectivity index (χ0v) is 31.9. The second-order valence-electron chi connectivity index (χ2n) is 16.0. The first kappa shape index (κ1) is 32.1. The number of benzene rings is 8. The van der Waals surface area contributed by atoms with Crippen molar-refractivity contribution in [2.45, 2.75) is 36.5 Å². The van der Waals surface area contributed by atoms with Crippen molar-refractivity contribution in [3.8, 4) is 33.4 Å². The van der Waals surface area contributed by atoms with Crippen LogP contribution in [0.25, 0.3) is 53.6 Å². The van der Waals surface area contributed by atoms with Gasteiger partial charge in [-0.05, 0) is 106 Å². The molecule has 0 amide bonds. The van der Waals surface area contributed by atoms with Crippen LogP contribution in [0.15, 0.2) is 188 Å². The van der Waals surface area contributed by atoms with E-state index >= 15 is 0 Å². The van der Waals surface area contributed by atoms with Crippen LogP contribution in [0.1, 0.15) is 47.9 Å². The lowest BCUT2D eigenvalue weighted by Crippen LogP contribution is -2.39. The predicted molar refractivity (Wildman–Crippen MR) is 237 cm³/mol. The van der Waals surface area contributed by atoms with Gasteiger partial charge in [-0.25, -0.2) is 0 Å². The Morgan fingerprint density at radius 2 is 0.875 bits per heavy atom. The van der Waals surface area contributed by atoms with Crippen LogP contribution in [0.4, 0.5) is 17.1 Å². The number of hydrogen-bond acceptors (Lipinski definition) is 2. The molecule has 3 aliphatic carbocycles. The van der Waals surface area contributed by atoms with Crippen molar-refractivity contribution in [2.24, 2.45) is 0 Å². The smallest absolute Gasteiger partial charge is 0.0640 e. The first-order valence-electron chi connectivity index (χ1n) is 20.0. The minimum absolute atomic E-state index is 0.0468. The summed E-state index contributed by atoms with van der Waals surface area (Å²) in [5.74, 6) is 0. The summed E-state index contributed by atoms with van der Waals surface area (Å²) in [6, 6.07) is 70.7. The van der Waals surface area contributed by atoms with E-state index in [0.717, 1.165) is 25.7 Å². The Bertz CT molecular complexity index is 2950. The van der Waals surface area contributed by atoms with Crippen LogP contribution in [0.2, 0.25) is 0 Å². The Hall–Kier alpha value is -6.22. The molecule has 266 valence electrons. The number of para-hydroxylation sites is 1. The Morgan fingerprint density at radius 1 is 0.375 bits per heavy atom. The topological polar surface area (TPSA) is 3.24 Å². The third-order valence-corrected chi connectivity index (χ3v) is 14.7. The highest BCUT2D eigenvalue weighted by Gasteiger charge is 2.53. The van der Waals surface area contributed by atoms with E-state index in [1.165, 1.54) is 92.9 Å². The van der Waals surface area contributed by atoms with Crippen LogP contribution in [-0.4, -0.2) is 0 Å². The van der Waals surface area contributed by atoms with Crippen molar-refractivity contribution in [3.05, 3.63) is 210 Å². The molecular formula is C54H39NS. The zero-order chi connectivity index (χ0) is 36.8. The quantitative estimate of drug-likeness (QED) is 0.174. The van der Waals surface area contributed by atoms with Gasteiger partial charge in [-0.2, -0.15) is 0 Å². The number of thiophene rings is 1. The average Bonchev–Trinajstić information content (AvgIpc) is 3.88. The third kappa shape index (κ3) is 4.42. The van der Waals surface area contributed by atoms with Gasteiger partial charge in [-0.15, -0.1) is 11.3 Å². The van der Waals surface area contributed by atoms with Gasteiger partial charge < -0.3 is 4.90 Å². The maximum absolute atomic E-state index is 2.58.